The summed E-state index contributed by atoms with van der Waals surface area (Å²) in [6.45, 7) is 0. The fourth-order valence-electron chi connectivity index (χ4n) is 3.69. The second-order valence-electron chi connectivity index (χ2n) is 6.03. The van der Waals surface area contributed by atoms with Crippen molar-refractivity contribution in [3.63, 3.8) is 0 Å². The smallest absolute Gasteiger partial charge is 0.266 e. The average Bonchev–Trinajstić information content (AvgIpc) is 2.90. The minimum Gasteiger partial charge on any atom is -0.428 e. The third-order valence-corrected chi connectivity index (χ3v) is 6.83. The normalized spacial score (nSPS) is 29.3. The molecule has 1 aromatic heterocycles. The van der Waals surface area contributed by atoms with Crippen LogP contribution in [-0.2, 0) is 0 Å². The Labute approximate surface area is 138 Å². The molecule has 3 heterocycles. The van der Waals surface area contributed by atoms with Crippen molar-refractivity contribution in [2.45, 2.75) is 47.9 Å². The molecule has 1 N–H and O–H groups in total. The summed E-state index contributed by atoms with van der Waals surface area (Å²) >= 11 is 13.4. The summed E-state index contributed by atoms with van der Waals surface area (Å²) in [7, 11) is 2.27. The molecule has 1 unspecified atom stereocenters. The van der Waals surface area contributed by atoms with Crippen LogP contribution in [0.3, 0.4) is 0 Å². The van der Waals surface area contributed by atoms with E-state index in [2.05, 4.69) is 23.0 Å². The molecule has 3 nitrogen and oxygen atoms in total. The first-order valence-corrected chi connectivity index (χ1v) is 8.98. The Morgan fingerprint density at radius 3 is 2.76 bits per heavy atom. The highest BCUT2D eigenvalue weighted by atomic mass is 35.5. The van der Waals surface area contributed by atoms with E-state index in [9.17, 15) is 0 Å². The minimum absolute atomic E-state index is 0.381. The number of rotatable bonds is 2. The molecule has 2 bridgehead atoms. The van der Waals surface area contributed by atoms with Crippen molar-refractivity contribution in [2.75, 3.05) is 7.05 Å². The molecule has 2 saturated heterocycles. The first kappa shape index (κ1) is 14.1. The largest absolute Gasteiger partial charge is 0.428 e. The van der Waals surface area contributed by atoms with Crippen LogP contribution in [0.4, 0.5) is 0 Å². The van der Waals surface area contributed by atoms with Gasteiger partial charge in [-0.3, -0.25) is 0 Å². The van der Waals surface area contributed by atoms with Crippen LogP contribution in [0.15, 0.2) is 21.4 Å². The van der Waals surface area contributed by atoms with E-state index in [1.54, 1.807) is 0 Å². The average molecular weight is 341 g/mol. The molecule has 0 spiro atoms. The Kier molecular flexibility index (Phi) is 3.57. The summed E-state index contributed by atoms with van der Waals surface area (Å²) in [5.41, 5.74) is 1.56. The summed E-state index contributed by atoms with van der Waals surface area (Å²) in [5, 5.41) is 1.34. The molecule has 0 amide bonds. The van der Waals surface area contributed by atoms with E-state index in [0.29, 0.717) is 20.7 Å². The monoisotopic (exact) mass is 340 g/mol. The summed E-state index contributed by atoms with van der Waals surface area (Å²) in [6, 6.07) is 5.59. The fourth-order valence-corrected chi connectivity index (χ4v) is 5.56. The summed E-state index contributed by atoms with van der Waals surface area (Å²) < 4.78 is 5.51. The lowest BCUT2D eigenvalue weighted by atomic mass is 10.0. The number of hydrogen-bond acceptors (Lipinski definition) is 4. The first-order chi connectivity index (χ1) is 10.1. The van der Waals surface area contributed by atoms with Crippen LogP contribution in [0.5, 0.6) is 0 Å². The number of piperidine rings is 1. The van der Waals surface area contributed by atoms with E-state index >= 15 is 0 Å². The van der Waals surface area contributed by atoms with Gasteiger partial charge in [0, 0.05) is 22.2 Å². The van der Waals surface area contributed by atoms with Crippen LogP contribution in [0.25, 0.3) is 11.1 Å². The van der Waals surface area contributed by atoms with Crippen molar-refractivity contribution in [2.24, 2.45) is 0 Å². The number of nitrogens with one attached hydrogen (secondary N) is 1. The quantitative estimate of drug-likeness (QED) is 0.791. The SMILES string of the molecule is CN1[C@@H]2CC[C@H]1CC(Sc1ccc3[nH]c(=S)oc3c1Cl)C2. The van der Waals surface area contributed by atoms with E-state index in [-0.39, 0.29) is 0 Å². The highest BCUT2D eigenvalue weighted by Gasteiger charge is 2.38. The van der Waals surface area contributed by atoms with Crippen molar-refractivity contribution in [1.82, 2.24) is 9.88 Å². The van der Waals surface area contributed by atoms with Gasteiger partial charge in [0.1, 0.15) is 0 Å². The lowest BCUT2D eigenvalue weighted by Gasteiger charge is -2.36. The molecular formula is C15H17ClN2OS2. The van der Waals surface area contributed by atoms with Crippen LogP contribution in [0.2, 0.25) is 5.02 Å². The molecule has 6 heteroatoms. The number of thioether (sulfide) groups is 1. The number of halogens is 1. The van der Waals surface area contributed by atoms with Crippen LogP contribution in [0, 0.1) is 4.84 Å². The van der Waals surface area contributed by atoms with Crippen LogP contribution < -0.4 is 0 Å². The Hall–Kier alpha value is -0.490. The predicted octanol–water partition coefficient (Wildman–Crippen LogP) is 4.86. The fraction of sp³-hybridized carbons (Fsp3) is 0.533. The van der Waals surface area contributed by atoms with Crippen LogP contribution >= 0.6 is 35.6 Å². The molecule has 21 heavy (non-hydrogen) atoms. The van der Waals surface area contributed by atoms with E-state index in [4.69, 9.17) is 28.2 Å². The highest BCUT2D eigenvalue weighted by Crippen LogP contribution is 2.44. The number of benzene rings is 1. The molecule has 112 valence electrons. The zero-order valence-electron chi connectivity index (χ0n) is 11.8. The molecule has 0 saturated carbocycles. The number of H-pyrrole nitrogens is 1. The molecule has 0 radical (unpaired) electrons. The van der Waals surface area contributed by atoms with Gasteiger partial charge in [0.2, 0.25) is 0 Å². The number of oxazole rings is 1. The van der Waals surface area contributed by atoms with Crippen molar-refractivity contribution in [3.05, 3.63) is 22.0 Å². The summed E-state index contributed by atoms with van der Waals surface area (Å²) in [6.07, 6.45) is 5.19. The van der Waals surface area contributed by atoms with Gasteiger partial charge in [0.15, 0.2) is 5.58 Å². The molecule has 3 atom stereocenters. The number of hydrogen-bond donors (Lipinski definition) is 1. The number of aromatic nitrogens is 1. The second kappa shape index (κ2) is 5.30. The highest BCUT2D eigenvalue weighted by molar-refractivity contribution is 8.00. The maximum Gasteiger partial charge on any atom is 0.266 e. The Morgan fingerprint density at radius 2 is 2.05 bits per heavy atom. The van der Waals surface area contributed by atoms with Crippen molar-refractivity contribution in [1.29, 1.82) is 0 Å². The number of nitrogens with zero attached hydrogens (tertiary/aromatic N) is 1. The van der Waals surface area contributed by atoms with Gasteiger partial charge in [-0.2, -0.15) is 0 Å². The van der Waals surface area contributed by atoms with E-state index in [1.807, 2.05) is 17.8 Å². The standard InChI is InChI=1S/C15H17ClN2OS2/c1-18-8-2-3-9(18)7-10(6-8)21-12-5-4-11-14(13(12)16)19-15(20)17-11/h4-5,8-10H,2-3,6-7H2,1H3,(H,17,20)/t8-,9+,10?. The first-order valence-electron chi connectivity index (χ1n) is 7.31. The third-order valence-electron chi connectivity index (χ3n) is 4.84. The van der Waals surface area contributed by atoms with E-state index in [1.165, 1.54) is 25.7 Å². The molecule has 4 rings (SSSR count). The van der Waals surface area contributed by atoms with E-state index < -0.39 is 0 Å². The molecule has 2 aliphatic heterocycles. The Bertz CT molecular complexity index is 727. The van der Waals surface area contributed by atoms with Gasteiger partial charge in [-0.25, -0.2) is 0 Å². The zero-order valence-corrected chi connectivity index (χ0v) is 14.2. The van der Waals surface area contributed by atoms with Gasteiger partial charge in [0.05, 0.1) is 10.5 Å². The van der Waals surface area contributed by atoms with Crippen LogP contribution in [0.1, 0.15) is 25.7 Å². The Morgan fingerprint density at radius 1 is 1.33 bits per heavy atom. The molecular weight excluding hydrogens is 324 g/mol. The van der Waals surface area contributed by atoms with Gasteiger partial charge in [-0.05, 0) is 57.1 Å². The van der Waals surface area contributed by atoms with Crippen molar-refractivity contribution < 1.29 is 4.42 Å². The Balaban J connectivity index is 1.60. The van der Waals surface area contributed by atoms with Gasteiger partial charge >= 0.3 is 0 Å². The molecule has 1 aromatic carbocycles. The van der Waals surface area contributed by atoms with Gasteiger partial charge in [-0.1, -0.05) is 11.6 Å². The maximum absolute atomic E-state index is 6.50. The van der Waals surface area contributed by atoms with Crippen molar-refractivity contribution >= 4 is 46.7 Å². The zero-order chi connectivity index (χ0) is 14.6. The van der Waals surface area contributed by atoms with E-state index in [0.717, 1.165) is 22.5 Å². The van der Waals surface area contributed by atoms with Gasteiger partial charge < -0.3 is 14.3 Å². The maximum atomic E-state index is 6.50. The lowest BCUT2D eigenvalue weighted by Crippen LogP contribution is -2.40. The molecule has 2 fully saturated rings. The van der Waals surface area contributed by atoms with Crippen molar-refractivity contribution in [3.8, 4) is 0 Å². The summed E-state index contributed by atoms with van der Waals surface area (Å²) in [4.78, 5) is 7.06. The molecule has 0 aliphatic carbocycles. The predicted molar refractivity (Wildman–Crippen MR) is 89.9 cm³/mol. The molecule has 2 aliphatic rings. The second-order valence-corrected chi connectivity index (χ2v) is 8.12. The molecule has 2 aromatic rings. The number of fused-ring (bicyclic) bond motifs is 3. The number of aromatic amines is 1. The third kappa shape index (κ3) is 2.44. The van der Waals surface area contributed by atoms with Gasteiger partial charge in [0.25, 0.3) is 4.84 Å². The lowest BCUT2D eigenvalue weighted by molar-refractivity contribution is 0.183. The topological polar surface area (TPSA) is 32.2 Å². The minimum atomic E-state index is 0.381. The van der Waals surface area contributed by atoms with Crippen LogP contribution in [-0.4, -0.2) is 34.3 Å². The van der Waals surface area contributed by atoms with Gasteiger partial charge in [-0.15, -0.1) is 11.8 Å². The summed E-state index contributed by atoms with van der Waals surface area (Å²) in [5.74, 6) is 0.